The van der Waals surface area contributed by atoms with E-state index in [2.05, 4.69) is 19.1 Å². The Morgan fingerprint density at radius 3 is 1.67 bits per heavy atom. The lowest BCUT2D eigenvalue weighted by atomic mass is 10.1. The minimum absolute atomic E-state index is 0.322. The maximum Gasteiger partial charge on any atom is 0.306 e. The third-order valence-electron chi connectivity index (χ3n) is 4.85. The molecule has 0 aliphatic carbocycles. The van der Waals surface area contributed by atoms with Gasteiger partial charge >= 0.3 is 5.97 Å². The van der Waals surface area contributed by atoms with E-state index in [1.165, 1.54) is 77.0 Å². The van der Waals surface area contributed by atoms with Crippen LogP contribution in [0.5, 0.6) is 0 Å². The van der Waals surface area contributed by atoms with Crippen molar-refractivity contribution in [2.24, 2.45) is 0 Å². The molecule has 0 aromatic rings. The lowest BCUT2D eigenvalue weighted by Gasteiger charge is -2.12. The third kappa shape index (κ3) is 19.7. The van der Waals surface area contributed by atoms with Gasteiger partial charge in [0.25, 0.3) is 0 Å². The first-order chi connectivity index (χ1) is 13.2. The predicted octanol–water partition coefficient (Wildman–Crippen LogP) is 5.70. The fourth-order valence-electron chi connectivity index (χ4n) is 3.07. The van der Waals surface area contributed by atoms with Gasteiger partial charge in [-0.25, -0.2) is 0 Å². The summed E-state index contributed by atoms with van der Waals surface area (Å²) in [5, 5.41) is 17.7. The van der Waals surface area contributed by atoms with Crippen LogP contribution in [0.3, 0.4) is 0 Å². The van der Waals surface area contributed by atoms with Gasteiger partial charge in [-0.2, -0.15) is 0 Å². The number of allylic oxidation sites excluding steroid dienone is 2. The van der Waals surface area contributed by atoms with Gasteiger partial charge in [-0.05, 0) is 32.1 Å². The molecule has 0 amide bonds. The summed E-state index contributed by atoms with van der Waals surface area (Å²) in [6, 6.07) is 0. The Kier molecular flexibility index (Phi) is 20.7. The highest BCUT2D eigenvalue weighted by atomic mass is 16.6. The summed E-state index contributed by atoms with van der Waals surface area (Å²) in [5.74, 6) is -0.322. The molecule has 160 valence electrons. The fraction of sp³-hybridized carbons (Fsp3) is 0.870. The quantitative estimate of drug-likeness (QED) is 0.160. The van der Waals surface area contributed by atoms with E-state index in [4.69, 9.17) is 14.9 Å². The topological polar surface area (TPSA) is 66.8 Å². The number of aliphatic hydroxyl groups is 2. The molecule has 0 bridgehead atoms. The lowest BCUT2D eigenvalue weighted by Crippen LogP contribution is -2.25. The van der Waals surface area contributed by atoms with Crippen LogP contribution in [0, 0.1) is 0 Å². The molecule has 4 nitrogen and oxygen atoms in total. The first kappa shape index (κ1) is 26.1. The summed E-state index contributed by atoms with van der Waals surface area (Å²) < 4.78 is 4.93. The van der Waals surface area contributed by atoms with Crippen LogP contribution in [0.25, 0.3) is 0 Å². The van der Waals surface area contributed by atoms with Crippen LogP contribution in [0.15, 0.2) is 12.2 Å². The monoisotopic (exact) mass is 384 g/mol. The number of ether oxygens (including phenoxy) is 1. The number of carbonyl (C=O) groups is 1. The zero-order chi connectivity index (χ0) is 20.0. The van der Waals surface area contributed by atoms with E-state index in [1.54, 1.807) is 0 Å². The summed E-state index contributed by atoms with van der Waals surface area (Å²) >= 11 is 0. The Hall–Kier alpha value is -0.870. The first-order valence-corrected chi connectivity index (χ1v) is 11.3. The molecule has 27 heavy (non-hydrogen) atoms. The van der Waals surface area contributed by atoms with Crippen LogP contribution >= 0.6 is 0 Å². The molecule has 0 aromatic carbocycles. The number of unbranched alkanes of at least 4 members (excludes halogenated alkanes) is 13. The maximum absolute atomic E-state index is 11.5. The first-order valence-electron chi connectivity index (χ1n) is 11.3. The molecule has 0 atom stereocenters. The Morgan fingerprint density at radius 1 is 0.741 bits per heavy atom. The standard InChI is InChI=1S/C23H44O4/c1-2-3-4-5-6-7-8-9-10-11-12-13-14-15-16-17-18-19-23(26)27-22(20-24)21-25/h8-9,22,24-25H,2-7,10-21H2,1H3/b9-8-. The van der Waals surface area contributed by atoms with E-state index in [9.17, 15) is 4.79 Å². The molecular formula is C23H44O4. The van der Waals surface area contributed by atoms with Gasteiger partial charge < -0.3 is 14.9 Å². The summed E-state index contributed by atoms with van der Waals surface area (Å²) in [4.78, 5) is 11.5. The van der Waals surface area contributed by atoms with Crippen LogP contribution in [0.4, 0.5) is 0 Å². The van der Waals surface area contributed by atoms with Crippen molar-refractivity contribution >= 4 is 5.97 Å². The van der Waals surface area contributed by atoms with Crippen molar-refractivity contribution in [2.45, 2.75) is 116 Å². The van der Waals surface area contributed by atoms with Crippen LogP contribution in [-0.4, -0.2) is 35.5 Å². The smallest absolute Gasteiger partial charge is 0.306 e. The predicted molar refractivity (Wildman–Crippen MR) is 113 cm³/mol. The molecule has 0 rings (SSSR count). The van der Waals surface area contributed by atoms with Crippen LogP contribution < -0.4 is 0 Å². The van der Waals surface area contributed by atoms with Crippen molar-refractivity contribution in [2.75, 3.05) is 13.2 Å². The molecule has 0 spiro atoms. The number of carbonyl (C=O) groups excluding carboxylic acids is 1. The third-order valence-corrected chi connectivity index (χ3v) is 4.85. The van der Waals surface area contributed by atoms with Crippen molar-refractivity contribution in [3.05, 3.63) is 12.2 Å². The molecule has 4 heteroatoms. The fourth-order valence-corrected chi connectivity index (χ4v) is 3.07. The second-order valence-electron chi connectivity index (χ2n) is 7.52. The van der Waals surface area contributed by atoms with Gasteiger partial charge in [0.05, 0.1) is 13.2 Å². The van der Waals surface area contributed by atoms with Crippen LogP contribution in [0.1, 0.15) is 110 Å². The van der Waals surface area contributed by atoms with Crippen LogP contribution in [-0.2, 0) is 9.53 Å². The summed E-state index contributed by atoms with van der Waals surface area (Å²) in [7, 11) is 0. The summed E-state index contributed by atoms with van der Waals surface area (Å²) in [6.07, 6.45) is 23.1. The number of rotatable bonds is 20. The molecule has 0 aliphatic rings. The van der Waals surface area contributed by atoms with Crippen molar-refractivity contribution in [3.63, 3.8) is 0 Å². The van der Waals surface area contributed by atoms with E-state index >= 15 is 0 Å². The van der Waals surface area contributed by atoms with Gasteiger partial charge in [0.1, 0.15) is 6.10 Å². The zero-order valence-corrected chi connectivity index (χ0v) is 17.7. The van der Waals surface area contributed by atoms with Gasteiger partial charge in [0, 0.05) is 6.42 Å². The van der Waals surface area contributed by atoms with E-state index in [1.807, 2.05) is 0 Å². The highest BCUT2D eigenvalue weighted by Gasteiger charge is 2.11. The summed E-state index contributed by atoms with van der Waals surface area (Å²) in [6.45, 7) is 1.61. The Bertz CT molecular complexity index is 337. The number of hydrogen-bond acceptors (Lipinski definition) is 4. The number of aliphatic hydroxyl groups excluding tert-OH is 2. The Balaban J connectivity index is 3.24. The molecule has 0 radical (unpaired) electrons. The van der Waals surface area contributed by atoms with E-state index in [0.717, 1.165) is 19.3 Å². The number of esters is 1. The largest absolute Gasteiger partial charge is 0.457 e. The highest BCUT2D eigenvalue weighted by molar-refractivity contribution is 5.69. The highest BCUT2D eigenvalue weighted by Crippen LogP contribution is 2.12. The molecular weight excluding hydrogens is 340 g/mol. The Labute approximate surface area is 167 Å². The second-order valence-corrected chi connectivity index (χ2v) is 7.52. The van der Waals surface area contributed by atoms with Gasteiger partial charge in [-0.3, -0.25) is 4.79 Å². The lowest BCUT2D eigenvalue weighted by molar-refractivity contribution is -0.153. The van der Waals surface area contributed by atoms with Gasteiger partial charge in [0.15, 0.2) is 0 Å². The SMILES string of the molecule is CCCCCCC/C=C\CCCCCCCCCCC(=O)OC(CO)CO. The van der Waals surface area contributed by atoms with Crippen LogP contribution in [0.2, 0.25) is 0 Å². The number of hydrogen-bond donors (Lipinski definition) is 2. The van der Waals surface area contributed by atoms with Crippen molar-refractivity contribution in [3.8, 4) is 0 Å². The van der Waals surface area contributed by atoms with Gasteiger partial charge in [-0.1, -0.05) is 83.3 Å². The van der Waals surface area contributed by atoms with Crippen molar-refractivity contribution in [1.29, 1.82) is 0 Å². The second kappa shape index (κ2) is 21.4. The molecule has 0 heterocycles. The normalized spacial score (nSPS) is 11.6. The molecule has 0 unspecified atom stereocenters. The van der Waals surface area contributed by atoms with E-state index < -0.39 is 6.10 Å². The molecule has 2 N–H and O–H groups in total. The molecule has 0 aliphatic heterocycles. The van der Waals surface area contributed by atoms with Gasteiger partial charge in [-0.15, -0.1) is 0 Å². The average Bonchev–Trinajstić information content (AvgIpc) is 2.68. The van der Waals surface area contributed by atoms with Crippen molar-refractivity contribution in [1.82, 2.24) is 0 Å². The maximum atomic E-state index is 11.5. The molecule has 0 aromatic heterocycles. The molecule has 0 saturated heterocycles. The van der Waals surface area contributed by atoms with Crippen molar-refractivity contribution < 1.29 is 19.7 Å². The van der Waals surface area contributed by atoms with Gasteiger partial charge in [0.2, 0.25) is 0 Å². The minimum Gasteiger partial charge on any atom is -0.457 e. The average molecular weight is 385 g/mol. The molecule has 0 saturated carbocycles. The minimum atomic E-state index is -0.766. The Morgan fingerprint density at radius 2 is 1.19 bits per heavy atom. The molecule has 0 fully saturated rings. The zero-order valence-electron chi connectivity index (χ0n) is 17.7. The summed E-state index contributed by atoms with van der Waals surface area (Å²) in [5.41, 5.74) is 0. The van der Waals surface area contributed by atoms with E-state index in [-0.39, 0.29) is 19.2 Å². The van der Waals surface area contributed by atoms with E-state index in [0.29, 0.717) is 6.42 Å².